The Morgan fingerprint density at radius 3 is 2.39 bits per heavy atom. The van der Waals surface area contributed by atoms with Gasteiger partial charge in [0.25, 0.3) is 0 Å². The van der Waals surface area contributed by atoms with Gasteiger partial charge in [0, 0.05) is 33.1 Å². The lowest BCUT2D eigenvalue weighted by atomic mass is 10.3. The van der Waals surface area contributed by atoms with Crippen molar-refractivity contribution in [2.24, 2.45) is 0 Å². The lowest BCUT2D eigenvalue weighted by molar-refractivity contribution is 1.12. The van der Waals surface area contributed by atoms with E-state index >= 15 is 0 Å². The van der Waals surface area contributed by atoms with E-state index in [4.69, 9.17) is 0 Å². The standard InChI is InChI=1S/C13H12Br2N2S/c14-10-1-4-12(5-2-10)16-7-8-18-13-6-3-11(15)9-17-13/h1-6,9,16H,7-8H2. The van der Waals surface area contributed by atoms with Crippen LogP contribution in [0.25, 0.3) is 0 Å². The van der Waals surface area contributed by atoms with Gasteiger partial charge in [-0.3, -0.25) is 0 Å². The molecule has 0 radical (unpaired) electrons. The van der Waals surface area contributed by atoms with Crippen LogP contribution in [0, 0.1) is 0 Å². The van der Waals surface area contributed by atoms with Gasteiger partial charge < -0.3 is 5.32 Å². The minimum atomic E-state index is 0.921. The van der Waals surface area contributed by atoms with Gasteiger partial charge in [0.2, 0.25) is 0 Å². The summed E-state index contributed by atoms with van der Waals surface area (Å²) in [7, 11) is 0. The molecule has 2 rings (SSSR count). The van der Waals surface area contributed by atoms with Gasteiger partial charge in [-0.05, 0) is 52.3 Å². The molecule has 1 aromatic heterocycles. The molecule has 0 aliphatic carbocycles. The Morgan fingerprint density at radius 2 is 1.72 bits per heavy atom. The van der Waals surface area contributed by atoms with Crippen LogP contribution < -0.4 is 5.32 Å². The number of anilines is 1. The highest BCUT2D eigenvalue weighted by atomic mass is 79.9. The molecule has 0 unspecified atom stereocenters. The third kappa shape index (κ3) is 4.63. The molecule has 0 aliphatic rings. The summed E-state index contributed by atoms with van der Waals surface area (Å²) >= 11 is 8.54. The fourth-order valence-corrected chi connectivity index (χ4v) is 2.57. The molecule has 1 N–H and O–H groups in total. The molecular formula is C13H12Br2N2S. The maximum atomic E-state index is 4.32. The van der Waals surface area contributed by atoms with Gasteiger partial charge in [-0.25, -0.2) is 4.98 Å². The van der Waals surface area contributed by atoms with Crippen LogP contribution in [0.3, 0.4) is 0 Å². The van der Waals surface area contributed by atoms with Crippen molar-refractivity contribution in [1.82, 2.24) is 4.98 Å². The monoisotopic (exact) mass is 386 g/mol. The quantitative estimate of drug-likeness (QED) is 0.588. The Labute approximate surface area is 128 Å². The number of halogens is 2. The zero-order chi connectivity index (χ0) is 12.8. The number of benzene rings is 1. The summed E-state index contributed by atoms with van der Waals surface area (Å²) in [5, 5.41) is 4.43. The van der Waals surface area contributed by atoms with Gasteiger partial charge in [0.15, 0.2) is 0 Å². The molecule has 94 valence electrons. The SMILES string of the molecule is Brc1ccc(NCCSc2ccc(Br)cn2)cc1. The fraction of sp³-hybridized carbons (Fsp3) is 0.154. The van der Waals surface area contributed by atoms with Crippen LogP contribution in [0.1, 0.15) is 0 Å². The molecule has 0 amide bonds. The summed E-state index contributed by atoms with van der Waals surface area (Å²) in [6.07, 6.45) is 1.82. The fourth-order valence-electron chi connectivity index (χ4n) is 1.37. The predicted octanol–water partition coefficient (Wildman–Crippen LogP) is 4.81. The van der Waals surface area contributed by atoms with Gasteiger partial charge in [0.05, 0.1) is 5.03 Å². The van der Waals surface area contributed by atoms with E-state index in [0.717, 1.165) is 32.0 Å². The predicted molar refractivity (Wildman–Crippen MR) is 85.3 cm³/mol. The molecule has 18 heavy (non-hydrogen) atoms. The summed E-state index contributed by atoms with van der Waals surface area (Å²) in [5.41, 5.74) is 1.14. The van der Waals surface area contributed by atoms with E-state index in [1.54, 1.807) is 11.8 Å². The van der Waals surface area contributed by atoms with Crippen LogP contribution in [0.5, 0.6) is 0 Å². The number of hydrogen-bond acceptors (Lipinski definition) is 3. The summed E-state index contributed by atoms with van der Waals surface area (Å²) < 4.78 is 2.11. The normalized spacial score (nSPS) is 10.3. The Kier molecular flexibility index (Phi) is 5.53. The van der Waals surface area contributed by atoms with E-state index in [1.807, 2.05) is 30.5 Å². The average Bonchev–Trinajstić information content (AvgIpc) is 2.39. The van der Waals surface area contributed by atoms with Crippen molar-refractivity contribution in [2.45, 2.75) is 5.03 Å². The smallest absolute Gasteiger partial charge is 0.0961 e. The van der Waals surface area contributed by atoms with Gasteiger partial charge >= 0.3 is 0 Å². The maximum Gasteiger partial charge on any atom is 0.0961 e. The van der Waals surface area contributed by atoms with Crippen LogP contribution in [-0.2, 0) is 0 Å². The lowest BCUT2D eigenvalue weighted by Gasteiger charge is -2.06. The molecule has 0 bridgehead atoms. The number of aromatic nitrogens is 1. The van der Waals surface area contributed by atoms with Crippen LogP contribution in [0.4, 0.5) is 5.69 Å². The number of rotatable bonds is 5. The third-order valence-electron chi connectivity index (χ3n) is 2.23. The number of nitrogens with zero attached hydrogens (tertiary/aromatic N) is 1. The van der Waals surface area contributed by atoms with Gasteiger partial charge in [-0.2, -0.15) is 0 Å². The van der Waals surface area contributed by atoms with Gasteiger partial charge in [0.1, 0.15) is 0 Å². The number of nitrogens with one attached hydrogen (secondary N) is 1. The summed E-state index contributed by atoms with van der Waals surface area (Å²) in [6, 6.07) is 12.2. The maximum absolute atomic E-state index is 4.32. The first-order chi connectivity index (χ1) is 8.74. The highest BCUT2D eigenvalue weighted by molar-refractivity contribution is 9.10. The topological polar surface area (TPSA) is 24.9 Å². The first-order valence-corrected chi connectivity index (χ1v) is 8.05. The molecule has 2 aromatic rings. The van der Waals surface area contributed by atoms with Crippen molar-refractivity contribution in [3.05, 3.63) is 51.5 Å². The van der Waals surface area contributed by atoms with E-state index < -0.39 is 0 Å². The molecule has 1 aromatic carbocycles. The Morgan fingerprint density at radius 1 is 1.00 bits per heavy atom. The zero-order valence-corrected chi connectivity index (χ0v) is 13.6. The molecular weight excluding hydrogens is 376 g/mol. The van der Waals surface area contributed by atoms with E-state index in [2.05, 4.69) is 54.3 Å². The molecule has 0 saturated carbocycles. The van der Waals surface area contributed by atoms with Crippen molar-refractivity contribution < 1.29 is 0 Å². The van der Waals surface area contributed by atoms with Crippen LogP contribution >= 0.6 is 43.6 Å². The van der Waals surface area contributed by atoms with E-state index in [-0.39, 0.29) is 0 Å². The first-order valence-electron chi connectivity index (χ1n) is 5.48. The van der Waals surface area contributed by atoms with Crippen LogP contribution in [0.2, 0.25) is 0 Å². The van der Waals surface area contributed by atoms with Crippen LogP contribution in [0.15, 0.2) is 56.6 Å². The number of pyridine rings is 1. The molecule has 1 heterocycles. The van der Waals surface area contributed by atoms with E-state index in [9.17, 15) is 0 Å². The highest BCUT2D eigenvalue weighted by Crippen LogP contribution is 2.18. The minimum Gasteiger partial charge on any atom is -0.384 e. The Hall–Kier alpha value is -0.520. The highest BCUT2D eigenvalue weighted by Gasteiger charge is 1.96. The second-order valence-electron chi connectivity index (χ2n) is 3.60. The second-order valence-corrected chi connectivity index (χ2v) is 6.54. The molecule has 0 atom stereocenters. The van der Waals surface area contributed by atoms with Gasteiger partial charge in [-0.1, -0.05) is 15.9 Å². The Balaban J connectivity index is 1.73. The molecule has 2 nitrogen and oxygen atoms in total. The second kappa shape index (κ2) is 7.16. The average molecular weight is 388 g/mol. The lowest BCUT2D eigenvalue weighted by Crippen LogP contribution is -2.03. The molecule has 5 heteroatoms. The molecule has 0 aliphatic heterocycles. The Bertz CT molecular complexity index is 438. The van der Waals surface area contributed by atoms with Crippen molar-refractivity contribution in [3.8, 4) is 0 Å². The summed E-state index contributed by atoms with van der Waals surface area (Å²) in [6.45, 7) is 0.921. The van der Waals surface area contributed by atoms with Crippen molar-refractivity contribution in [2.75, 3.05) is 17.6 Å². The van der Waals surface area contributed by atoms with E-state index in [0.29, 0.717) is 0 Å². The van der Waals surface area contributed by atoms with E-state index in [1.165, 1.54) is 0 Å². The molecule has 0 saturated heterocycles. The number of hydrogen-bond donors (Lipinski definition) is 1. The number of thioether (sulfide) groups is 1. The van der Waals surface area contributed by atoms with Gasteiger partial charge in [-0.15, -0.1) is 11.8 Å². The van der Waals surface area contributed by atoms with Crippen molar-refractivity contribution in [1.29, 1.82) is 0 Å². The zero-order valence-electron chi connectivity index (χ0n) is 9.57. The third-order valence-corrected chi connectivity index (χ3v) is 4.17. The van der Waals surface area contributed by atoms with Crippen molar-refractivity contribution >= 4 is 49.3 Å². The first kappa shape index (κ1) is 13.9. The summed E-state index contributed by atoms with van der Waals surface area (Å²) in [4.78, 5) is 4.32. The summed E-state index contributed by atoms with van der Waals surface area (Å²) in [5.74, 6) is 0.991. The molecule has 0 fully saturated rings. The largest absolute Gasteiger partial charge is 0.384 e. The minimum absolute atomic E-state index is 0.921. The van der Waals surface area contributed by atoms with Crippen LogP contribution in [-0.4, -0.2) is 17.3 Å². The molecule has 0 spiro atoms. The van der Waals surface area contributed by atoms with Crippen molar-refractivity contribution in [3.63, 3.8) is 0 Å².